The lowest BCUT2D eigenvalue weighted by Crippen LogP contribution is -2.37. The van der Waals surface area contributed by atoms with Crippen LogP contribution in [-0.2, 0) is 0 Å². The summed E-state index contributed by atoms with van der Waals surface area (Å²) in [5, 5.41) is 0. The minimum absolute atomic E-state index is 0.0409. The lowest BCUT2D eigenvalue weighted by molar-refractivity contribution is 0.0718. The summed E-state index contributed by atoms with van der Waals surface area (Å²) in [5.41, 5.74) is 1.44. The molecule has 124 valence electrons. The summed E-state index contributed by atoms with van der Waals surface area (Å²) in [6, 6.07) is 16.9. The Hall–Kier alpha value is -1.89. The molecule has 1 heterocycles. The van der Waals surface area contributed by atoms with E-state index in [1.54, 1.807) is 0 Å². The predicted octanol–water partition coefficient (Wildman–Crippen LogP) is 3.28. The Bertz CT molecular complexity index is 733. The number of amides is 2. The van der Waals surface area contributed by atoms with E-state index >= 15 is 0 Å². The van der Waals surface area contributed by atoms with Gasteiger partial charge < -0.3 is 9.80 Å². The van der Waals surface area contributed by atoms with Gasteiger partial charge in [-0.1, -0.05) is 30.3 Å². The number of hydrogen-bond acceptors (Lipinski definition) is 2. The van der Waals surface area contributed by atoms with Gasteiger partial charge in [-0.25, -0.2) is 0 Å². The van der Waals surface area contributed by atoms with E-state index in [1.807, 2.05) is 64.4 Å². The van der Waals surface area contributed by atoms with Gasteiger partial charge in [-0.3, -0.25) is 9.59 Å². The highest BCUT2D eigenvalue weighted by Gasteiger charge is 2.24. The summed E-state index contributed by atoms with van der Waals surface area (Å²) in [6.07, 6.45) is 0.799. The molecule has 3 rings (SSSR count). The first-order valence-corrected chi connectivity index (χ1v) is 9.13. The SMILES string of the molecule is O=C(c1ccccc1)N1CCCN(C(=O)c2ccccc2I)CC1. The number of hydrogen-bond donors (Lipinski definition) is 0. The Morgan fingerprint density at radius 2 is 1.33 bits per heavy atom. The van der Waals surface area contributed by atoms with E-state index in [4.69, 9.17) is 0 Å². The van der Waals surface area contributed by atoms with Gasteiger partial charge in [0.15, 0.2) is 0 Å². The molecule has 0 unspecified atom stereocenters. The van der Waals surface area contributed by atoms with Crippen LogP contribution in [0.1, 0.15) is 27.1 Å². The van der Waals surface area contributed by atoms with Crippen molar-refractivity contribution in [2.45, 2.75) is 6.42 Å². The maximum absolute atomic E-state index is 12.7. The molecule has 0 aromatic heterocycles. The summed E-state index contributed by atoms with van der Waals surface area (Å²) >= 11 is 2.19. The first-order valence-electron chi connectivity index (χ1n) is 8.05. The molecule has 1 saturated heterocycles. The van der Waals surface area contributed by atoms with Crippen LogP contribution in [0.5, 0.6) is 0 Å². The van der Waals surface area contributed by atoms with E-state index in [1.165, 1.54) is 0 Å². The van der Waals surface area contributed by atoms with E-state index in [2.05, 4.69) is 22.6 Å². The third-order valence-electron chi connectivity index (χ3n) is 4.20. The van der Waals surface area contributed by atoms with Crippen molar-refractivity contribution in [3.05, 3.63) is 69.3 Å². The van der Waals surface area contributed by atoms with Gasteiger partial charge in [0.25, 0.3) is 11.8 Å². The van der Waals surface area contributed by atoms with Crippen LogP contribution in [0.4, 0.5) is 0 Å². The van der Waals surface area contributed by atoms with E-state index in [-0.39, 0.29) is 11.8 Å². The standard InChI is InChI=1S/C19H19IN2O2/c20-17-10-5-4-9-16(17)19(24)22-12-6-11-21(13-14-22)18(23)15-7-2-1-3-8-15/h1-5,7-10H,6,11-14H2. The highest BCUT2D eigenvalue weighted by atomic mass is 127. The highest BCUT2D eigenvalue weighted by molar-refractivity contribution is 14.1. The van der Waals surface area contributed by atoms with Crippen LogP contribution in [0.3, 0.4) is 0 Å². The molecule has 1 aliphatic heterocycles. The summed E-state index contributed by atoms with van der Waals surface area (Å²) in [4.78, 5) is 29.0. The molecule has 5 heteroatoms. The minimum Gasteiger partial charge on any atom is -0.337 e. The Morgan fingerprint density at radius 1 is 0.750 bits per heavy atom. The van der Waals surface area contributed by atoms with Gasteiger partial charge >= 0.3 is 0 Å². The molecule has 1 aliphatic rings. The molecule has 0 N–H and O–H groups in total. The molecular weight excluding hydrogens is 415 g/mol. The molecule has 2 amide bonds. The van der Waals surface area contributed by atoms with Gasteiger partial charge in [0.1, 0.15) is 0 Å². The number of rotatable bonds is 2. The summed E-state index contributed by atoms with van der Waals surface area (Å²) < 4.78 is 0.960. The van der Waals surface area contributed by atoms with Crippen LogP contribution in [0.25, 0.3) is 0 Å². The fourth-order valence-corrected chi connectivity index (χ4v) is 3.51. The van der Waals surface area contributed by atoms with Crippen LogP contribution in [0.15, 0.2) is 54.6 Å². The first-order chi connectivity index (χ1) is 11.7. The molecule has 2 aromatic rings. The van der Waals surface area contributed by atoms with Crippen LogP contribution in [-0.4, -0.2) is 47.8 Å². The zero-order chi connectivity index (χ0) is 16.9. The van der Waals surface area contributed by atoms with Crippen LogP contribution in [0, 0.1) is 3.57 Å². The Labute approximate surface area is 155 Å². The average molecular weight is 434 g/mol. The maximum atomic E-state index is 12.7. The van der Waals surface area contributed by atoms with Gasteiger partial charge in [0, 0.05) is 35.3 Å². The molecule has 0 spiro atoms. The van der Waals surface area contributed by atoms with Crippen molar-refractivity contribution in [3.8, 4) is 0 Å². The van der Waals surface area contributed by atoms with Crippen LogP contribution >= 0.6 is 22.6 Å². The molecule has 0 atom stereocenters. The van der Waals surface area contributed by atoms with Crippen molar-refractivity contribution < 1.29 is 9.59 Å². The number of carbonyl (C=O) groups is 2. The highest BCUT2D eigenvalue weighted by Crippen LogP contribution is 2.16. The van der Waals surface area contributed by atoms with Crippen molar-refractivity contribution in [1.82, 2.24) is 9.80 Å². The van der Waals surface area contributed by atoms with E-state index in [0.29, 0.717) is 31.7 Å². The largest absolute Gasteiger partial charge is 0.337 e. The second kappa shape index (κ2) is 7.79. The molecule has 0 aliphatic carbocycles. The third-order valence-corrected chi connectivity index (χ3v) is 5.14. The Kier molecular flexibility index (Phi) is 5.50. The second-order valence-corrected chi connectivity index (χ2v) is 6.95. The van der Waals surface area contributed by atoms with Gasteiger partial charge in [-0.2, -0.15) is 0 Å². The van der Waals surface area contributed by atoms with Crippen molar-refractivity contribution >= 4 is 34.4 Å². The van der Waals surface area contributed by atoms with Crippen molar-refractivity contribution in [2.75, 3.05) is 26.2 Å². The smallest absolute Gasteiger partial charge is 0.254 e. The number of nitrogens with zero attached hydrogens (tertiary/aromatic N) is 2. The van der Waals surface area contributed by atoms with Crippen molar-refractivity contribution in [3.63, 3.8) is 0 Å². The molecule has 1 fully saturated rings. The van der Waals surface area contributed by atoms with E-state index in [9.17, 15) is 9.59 Å². The predicted molar refractivity (Wildman–Crippen MR) is 102 cm³/mol. The van der Waals surface area contributed by atoms with Crippen molar-refractivity contribution in [2.24, 2.45) is 0 Å². The molecule has 0 saturated carbocycles. The monoisotopic (exact) mass is 434 g/mol. The van der Waals surface area contributed by atoms with E-state index < -0.39 is 0 Å². The quantitative estimate of drug-likeness (QED) is 0.681. The van der Waals surface area contributed by atoms with Gasteiger partial charge in [-0.15, -0.1) is 0 Å². The van der Waals surface area contributed by atoms with E-state index in [0.717, 1.165) is 15.6 Å². The normalized spacial score (nSPS) is 15.0. The lowest BCUT2D eigenvalue weighted by atomic mass is 10.2. The molecule has 2 aromatic carbocycles. The average Bonchev–Trinajstić information content (AvgIpc) is 2.88. The fourth-order valence-electron chi connectivity index (χ4n) is 2.89. The number of benzene rings is 2. The van der Waals surface area contributed by atoms with Gasteiger partial charge in [0.2, 0.25) is 0 Å². The molecule has 0 bridgehead atoms. The zero-order valence-corrected chi connectivity index (χ0v) is 15.5. The van der Waals surface area contributed by atoms with Crippen LogP contribution in [0.2, 0.25) is 0 Å². The van der Waals surface area contributed by atoms with Gasteiger partial charge in [-0.05, 0) is 53.3 Å². The van der Waals surface area contributed by atoms with Gasteiger partial charge in [0.05, 0.1) is 5.56 Å². The second-order valence-electron chi connectivity index (χ2n) is 5.78. The zero-order valence-electron chi connectivity index (χ0n) is 13.3. The minimum atomic E-state index is 0.0409. The van der Waals surface area contributed by atoms with Crippen LogP contribution < -0.4 is 0 Å². The lowest BCUT2D eigenvalue weighted by Gasteiger charge is -2.22. The number of carbonyl (C=O) groups excluding carboxylic acids is 2. The summed E-state index contributed by atoms with van der Waals surface area (Å²) in [6.45, 7) is 2.51. The maximum Gasteiger partial charge on any atom is 0.254 e. The molecule has 4 nitrogen and oxygen atoms in total. The first kappa shape index (κ1) is 17.0. The topological polar surface area (TPSA) is 40.6 Å². The Balaban J connectivity index is 1.68. The third kappa shape index (κ3) is 3.77. The molecule has 0 radical (unpaired) electrons. The molecule has 24 heavy (non-hydrogen) atoms. The summed E-state index contributed by atoms with van der Waals surface area (Å²) in [7, 11) is 0. The summed E-state index contributed by atoms with van der Waals surface area (Å²) in [5.74, 6) is 0.0909. The molecular formula is C19H19IN2O2. The van der Waals surface area contributed by atoms with Crippen molar-refractivity contribution in [1.29, 1.82) is 0 Å². The number of halogens is 1. The fraction of sp³-hybridized carbons (Fsp3) is 0.263. The Morgan fingerprint density at radius 3 is 2.00 bits per heavy atom.